The number of nitriles is 1. The summed E-state index contributed by atoms with van der Waals surface area (Å²) in [7, 11) is 3.83. The van der Waals surface area contributed by atoms with Gasteiger partial charge in [0.05, 0.1) is 16.1 Å². The first-order valence-corrected chi connectivity index (χ1v) is 6.17. The lowest BCUT2D eigenvalue weighted by Crippen LogP contribution is -2.40. The summed E-state index contributed by atoms with van der Waals surface area (Å²) < 4.78 is 0. The Morgan fingerprint density at radius 1 is 1.29 bits per heavy atom. The van der Waals surface area contributed by atoms with Crippen molar-refractivity contribution in [2.45, 2.75) is 25.3 Å². The first-order valence-electron chi connectivity index (χ1n) is 5.41. The van der Waals surface area contributed by atoms with Crippen LogP contribution in [0.2, 0.25) is 10.0 Å². The van der Waals surface area contributed by atoms with E-state index in [0.29, 0.717) is 10.0 Å². The summed E-state index contributed by atoms with van der Waals surface area (Å²) in [4.78, 5) is 1.94. The van der Waals surface area contributed by atoms with Crippen molar-refractivity contribution in [3.8, 4) is 6.07 Å². The van der Waals surface area contributed by atoms with Gasteiger partial charge in [0.25, 0.3) is 0 Å². The molecule has 17 heavy (non-hydrogen) atoms. The summed E-state index contributed by atoms with van der Waals surface area (Å²) in [6.07, 6.45) is 1.56. The highest BCUT2D eigenvalue weighted by molar-refractivity contribution is 6.42. The van der Waals surface area contributed by atoms with Gasteiger partial charge >= 0.3 is 0 Å². The number of hydrogen-bond donors (Lipinski definition) is 0. The van der Waals surface area contributed by atoms with E-state index in [0.717, 1.165) is 18.4 Å². The Balaban J connectivity index is 2.74. The van der Waals surface area contributed by atoms with Gasteiger partial charge < -0.3 is 0 Å². The third kappa shape index (κ3) is 3.61. The molecule has 1 atom stereocenters. The highest BCUT2D eigenvalue weighted by Crippen LogP contribution is 2.25. The Labute approximate surface area is 113 Å². The number of nitrogens with zero attached hydrogens (tertiary/aromatic N) is 2. The summed E-state index contributed by atoms with van der Waals surface area (Å²) in [6.45, 7) is 1.94. The normalized spacial score (nSPS) is 14.4. The van der Waals surface area contributed by atoms with Crippen LogP contribution >= 0.6 is 23.2 Å². The molecule has 0 saturated carbocycles. The molecule has 4 heteroatoms. The van der Waals surface area contributed by atoms with Gasteiger partial charge in [0.1, 0.15) is 5.54 Å². The molecule has 1 aromatic rings. The first-order chi connectivity index (χ1) is 7.89. The van der Waals surface area contributed by atoms with E-state index in [1.165, 1.54) is 0 Å². The molecule has 0 heterocycles. The van der Waals surface area contributed by atoms with E-state index in [4.69, 9.17) is 23.2 Å². The maximum Gasteiger partial charge on any atom is 0.106 e. The van der Waals surface area contributed by atoms with E-state index in [-0.39, 0.29) is 0 Å². The van der Waals surface area contributed by atoms with Crippen LogP contribution in [0.1, 0.15) is 18.9 Å². The fraction of sp³-hybridized carbons (Fsp3) is 0.462. The number of benzene rings is 1. The van der Waals surface area contributed by atoms with Crippen LogP contribution in [-0.4, -0.2) is 24.5 Å². The van der Waals surface area contributed by atoms with Gasteiger partial charge in [0.2, 0.25) is 0 Å². The largest absolute Gasteiger partial charge is 0.292 e. The van der Waals surface area contributed by atoms with Gasteiger partial charge in [-0.05, 0) is 51.6 Å². The summed E-state index contributed by atoms with van der Waals surface area (Å²) in [5.41, 5.74) is 0.647. The van der Waals surface area contributed by atoms with E-state index in [1.807, 2.05) is 38.1 Å². The van der Waals surface area contributed by atoms with Crippen LogP contribution < -0.4 is 0 Å². The van der Waals surface area contributed by atoms with Crippen LogP contribution in [0.25, 0.3) is 0 Å². The van der Waals surface area contributed by atoms with E-state index in [2.05, 4.69) is 6.07 Å². The summed E-state index contributed by atoms with van der Waals surface area (Å²) in [5.74, 6) is 0. The zero-order chi connectivity index (χ0) is 13.1. The molecular weight excluding hydrogens is 255 g/mol. The van der Waals surface area contributed by atoms with Crippen LogP contribution in [0.5, 0.6) is 0 Å². The Hall–Kier alpha value is -0.750. The van der Waals surface area contributed by atoms with Crippen LogP contribution in [0.3, 0.4) is 0 Å². The molecule has 0 aromatic heterocycles. The van der Waals surface area contributed by atoms with Gasteiger partial charge in [0, 0.05) is 0 Å². The van der Waals surface area contributed by atoms with E-state index < -0.39 is 5.54 Å². The van der Waals surface area contributed by atoms with Crippen molar-refractivity contribution in [2.75, 3.05) is 14.1 Å². The minimum Gasteiger partial charge on any atom is -0.292 e. The van der Waals surface area contributed by atoms with E-state index >= 15 is 0 Å². The molecule has 0 radical (unpaired) electrons. The summed E-state index contributed by atoms with van der Waals surface area (Å²) in [5, 5.41) is 10.3. The minimum absolute atomic E-state index is 0.452. The predicted octanol–water partition coefficient (Wildman–Crippen LogP) is 3.77. The second kappa shape index (κ2) is 5.73. The quantitative estimate of drug-likeness (QED) is 0.833. The Bertz CT molecular complexity index is 438. The predicted molar refractivity (Wildman–Crippen MR) is 72.5 cm³/mol. The maximum atomic E-state index is 9.19. The highest BCUT2D eigenvalue weighted by Gasteiger charge is 2.25. The topological polar surface area (TPSA) is 27.0 Å². The van der Waals surface area contributed by atoms with Gasteiger partial charge in [0.15, 0.2) is 0 Å². The summed E-state index contributed by atoms with van der Waals surface area (Å²) in [6, 6.07) is 7.94. The fourth-order valence-corrected chi connectivity index (χ4v) is 1.78. The molecule has 1 aromatic carbocycles. The number of rotatable bonds is 4. The monoisotopic (exact) mass is 270 g/mol. The van der Waals surface area contributed by atoms with Crippen LogP contribution in [0.4, 0.5) is 0 Å². The van der Waals surface area contributed by atoms with Crippen molar-refractivity contribution in [1.82, 2.24) is 4.90 Å². The van der Waals surface area contributed by atoms with E-state index in [9.17, 15) is 5.26 Å². The first kappa shape index (κ1) is 14.3. The van der Waals surface area contributed by atoms with Crippen molar-refractivity contribution >= 4 is 23.2 Å². The lowest BCUT2D eigenvalue weighted by molar-refractivity contribution is 0.224. The molecule has 2 nitrogen and oxygen atoms in total. The molecule has 0 aliphatic heterocycles. The second-order valence-corrected chi connectivity index (χ2v) is 5.34. The van der Waals surface area contributed by atoms with E-state index in [1.54, 1.807) is 6.07 Å². The number of aryl methyl sites for hydroxylation is 1. The molecule has 0 aliphatic carbocycles. The molecule has 0 fully saturated rings. The average molecular weight is 271 g/mol. The van der Waals surface area contributed by atoms with Crippen molar-refractivity contribution < 1.29 is 0 Å². The number of hydrogen-bond acceptors (Lipinski definition) is 2. The zero-order valence-corrected chi connectivity index (χ0v) is 11.8. The summed E-state index contributed by atoms with van der Waals surface area (Å²) >= 11 is 11.8. The molecule has 1 unspecified atom stereocenters. The van der Waals surface area contributed by atoms with Gasteiger partial charge in [-0.15, -0.1) is 0 Å². The molecule has 92 valence electrons. The van der Waals surface area contributed by atoms with Gasteiger partial charge in [-0.25, -0.2) is 0 Å². The lowest BCUT2D eigenvalue weighted by Gasteiger charge is -2.29. The second-order valence-electron chi connectivity index (χ2n) is 4.53. The Kier molecular flexibility index (Phi) is 4.82. The molecule has 0 bridgehead atoms. The van der Waals surface area contributed by atoms with Crippen molar-refractivity contribution in [1.29, 1.82) is 5.26 Å². The van der Waals surface area contributed by atoms with Gasteiger partial charge in [-0.2, -0.15) is 5.26 Å². The molecular formula is C13H16Cl2N2. The molecule has 0 saturated heterocycles. The van der Waals surface area contributed by atoms with Crippen LogP contribution in [0, 0.1) is 11.3 Å². The van der Waals surface area contributed by atoms with Gasteiger partial charge in [-0.1, -0.05) is 29.3 Å². The minimum atomic E-state index is -0.452. The third-order valence-corrected chi connectivity index (χ3v) is 3.85. The zero-order valence-electron chi connectivity index (χ0n) is 10.3. The molecule has 0 aliphatic rings. The molecule has 0 spiro atoms. The lowest BCUT2D eigenvalue weighted by atomic mass is 9.93. The Morgan fingerprint density at radius 3 is 2.41 bits per heavy atom. The number of halogens is 2. The fourth-order valence-electron chi connectivity index (χ4n) is 1.46. The maximum absolute atomic E-state index is 9.19. The van der Waals surface area contributed by atoms with Gasteiger partial charge in [-0.3, -0.25) is 4.90 Å². The third-order valence-electron chi connectivity index (χ3n) is 3.11. The SMILES string of the molecule is CN(C)C(C)(C#N)CCc1ccc(Cl)c(Cl)c1. The van der Waals surface area contributed by atoms with Crippen LogP contribution in [-0.2, 0) is 6.42 Å². The van der Waals surface area contributed by atoms with Crippen molar-refractivity contribution in [2.24, 2.45) is 0 Å². The average Bonchev–Trinajstić information content (AvgIpc) is 2.30. The van der Waals surface area contributed by atoms with Crippen molar-refractivity contribution in [3.63, 3.8) is 0 Å². The molecule has 0 N–H and O–H groups in total. The molecule has 1 rings (SSSR count). The Morgan fingerprint density at radius 2 is 1.94 bits per heavy atom. The molecule has 0 amide bonds. The standard InChI is InChI=1S/C13H16Cl2N2/c1-13(9-16,17(2)3)7-6-10-4-5-11(14)12(15)8-10/h4-5,8H,6-7H2,1-3H3. The highest BCUT2D eigenvalue weighted by atomic mass is 35.5. The van der Waals surface area contributed by atoms with Crippen LogP contribution in [0.15, 0.2) is 18.2 Å². The van der Waals surface area contributed by atoms with Crippen molar-refractivity contribution in [3.05, 3.63) is 33.8 Å². The smallest absolute Gasteiger partial charge is 0.106 e.